The molecule has 2 aromatic rings. The molecule has 1 aliphatic heterocycles. The Morgan fingerprint density at radius 3 is 3.00 bits per heavy atom. The number of aromatic nitrogens is 4. The van der Waals surface area contributed by atoms with Crippen LogP contribution >= 0.6 is 0 Å². The Kier molecular flexibility index (Phi) is 4.52. The molecule has 0 aromatic carbocycles. The number of fused-ring (bicyclic) bond motifs is 1. The number of nitrogens with zero attached hydrogens (tertiary/aromatic N) is 4. The van der Waals surface area contributed by atoms with Gasteiger partial charge < -0.3 is 9.88 Å². The highest BCUT2D eigenvalue weighted by atomic mass is 15.3. The second kappa shape index (κ2) is 6.57. The Labute approximate surface area is 132 Å². The fourth-order valence-corrected chi connectivity index (χ4v) is 3.12. The fraction of sp³-hybridized carbons (Fsp3) is 0.588. The fourth-order valence-electron chi connectivity index (χ4n) is 3.12. The minimum Gasteiger partial charge on any atom is -0.314 e. The molecule has 1 atom stereocenters. The summed E-state index contributed by atoms with van der Waals surface area (Å²) in [5.41, 5.74) is 2.40. The highest BCUT2D eigenvalue weighted by molar-refractivity contribution is 5.17. The summed E-state index contributed by atoms with van der Waals surface area (Å²) in [6.07, 6.45) is 4.08. The Morgan fingerprint density at radius 2 is 2.23 bits per heavy atom. The van der Waals surface area contributed by atoms with Gasteiger partial charge in [0.2, 0.25) is 0 Å². The van der Waals surface area contributed by atoms with Crippen LogP contribution in [0, 0.1) is 12.8 Å². The maximum Gasteiger partial charge on any atom is 0.135 e. The maximum atomic E-state index is 4.36. The van der Waals surface area contributed by atoms with E-state index in [0.717, 1.165) is 43.4 Å². The van der Waals surface area contributed by atoms with Crippen molar-refractivity contribution >= 4 is 0 Å². The van der Waals surface area contributed by atoms with Gasteiger partial charge in [-0.05, 0) is 37.4 Å². The zero-order chi connectivity index (χ0) is 15.5. The first-order valence-electron chi connectivity index (χ1n) is 8.18. The summed E-state index contributed by atoms with van der Waals surface area (Å²) in [6.45, 7) is 9.39. The third-order valence-electron chi connectivity index (χ3n) is 4.45. The van der Waals surface area contributed by atoms with Gasteiger partial charge in [-0.1, -0.05) is 19.9 Å². The topological polar surface area (TPSA) is 55.6 Å². The van der Waals surface area contributed by atoms with Gasteiger partial charge in [0, 0.05) is 37.3 Å². The summed E-state index contributed by atoms with van der Waals surface area (Å²) in [5, 5.41) is 12.3. The van der Waals surface area contributed by atoms with E-state index in [1.807, 2.05) is 12.3 Å². The largest absolute Gasteiger partial charge is 0.314 e. The number of pyridine rings is 1. The molecular formula is C17H25N5. The first-order chi connectivity index (χ1) is 10.6. The summed E-state index contributed by atoms with van der Waals surface area (Å²) >= 11 is 0. The van der Waals surface area contributed by atoms with Crippen LogP contribution in [0.1, 0.15) is 49.1 Å². The predicted molar refractivity (Wildman–Crippen MR) is 86.6 cm³/mol. The monoisotopic (exact) mass is 299 g/mol. The van der Waals surface area contributed by atoms with Crippen LogP contribution in [-0.2, 0) is 19.5 Å². The Hall–Kier alpha value is -1.75. The maximum absolute atomic E-state index is 4.36. The van der Waals surface area contributed by atoms with Gasteiger partial charge in [-0.25, -0.2) is 0 Å². The lowest BCUT2D eigenvalue weighted by Gasteiger charge is -2.25. The highest BCUT2D eigenvalue weighted by Gasteiger charge is 2.23. The van der Waals surface area contributed by atoms with Gasteiger partial charge in [-0.2, -0.15) is 0 Å². The third-order valence-corrected chi connectivity index (χ3v) is 4.45. The third kappa shape index (κ3) is 3.19. The summed E-state index contributed by atoms with van der Waals surface area (Å²) < 4.78 is 2.33. The minimum absolute atomic E-state index is 0.436. The van der Waals surface area contributed by atoms with Gasteiger partial charge in [0.15, 0.2) is 0 Å². The van der Waals surface area contributed by atoms with E-state index in [1.165, 1.54) is 12.0 Å². The number of rotatable bonds is 5. The molecule has 0 unspecified atom stereocenters. The average molecular weight is 299 g/mol. The zero-order valence-electron chi connectivity index (χ0n) is 13.7. The van der Waals surface area contributed by atoms with Gasteiger partial charge in [-0.15, -0.1) is 10.2 Å². The first kappa shape index (κ1) is 15.2. The Morgan fingerprint density at radius 1 is 1.36 bits per heavy atom. The van der Waals surface area contributed by atoms with Crippen LogP contribution in [0.25, 0.3) is 0 Å². The number of aryl methyl sites for hydroxylation is 2. The van der Waals surface area contributed by atoms with Crippen LogP contribution in [0.4, 0.5) is 0 Å². The summed E-state index contributed by atoms with van der Waals surface area (Å²) in [6, 6.07) is 4.15. The smallest absolute Gasteiger partial charge is 0.135 e. The van der Waals surface area contributed by atoms with Crippen molar-refractivity contribution in [2.45, 2.75) is 52.6 Å². The number of hydrogen-bond acceptors (Lipinski definition) is 4. The van der Waals surface area contributed by atoms with Crippen molar-refractivity contribution < 1.29 is 0 Å². The van der Waals surface area contributed by atoms with E-state index in [-0.39, 0.29) is 0 Å². The molecule has 5 nitrogen and oxygen atoms in total. The van der Waals surface area contributed by atoms with E-state index in [9.17, 15) is 0 Å². The molecule has 1 N–H and O–H groups in total. The van der Waals surface area contributed by atoms with E-state index in [0.29, 0.717) is 11.8 Å². The van der Waals surface area contributed by atoms with Crippen molar-refractivity contribution in [3.63, 3.8) is 0 Å². The average Bonchev–Trinajstić information content (AvgIpc) is 2.92. The molecule has 22 heavy (non-hydrogen) atoms. The van der Waals surface area contributed by atoms with Crippen molar-refractivity contribution in [3.05, 3.63) is 41.2 Å². The van der Waals surface area contributed by atoms with Crippen LogP contribution in [0.2, 0.25) is 0 Å². The van der Waals surface area contributed by atoms with Gasteiger partial charge in [0.25, 0.3) is 0 Å². The second-order valence-corrected chi connectivity index (χ2v) is 6.52. The quantitative estimate of drug-likeness (QED) is 0.921. The number of hydrogen-bond donors (Lipinski definition) is 1. The normalized spacial score (nSPS) is 17.7. The number of nitrogens with one attached hydrogen (secondary N) is 1. The molecule has 0 amide bonds. The van der Waals surface area contributed by atoms with Crippen molar-refractivity contribution in [2.24, 2.45) is 5.92 Å². The van der Waals surface area contributed by atoms with Crippen LogP contribution in [-0.4, -0.2) is 26.3 Å². The molecule has 0 saturated carbocycles. The lowest BCUT2D eigenvalue weighted by Crippen LogP contribution is -2.31. The molecule has 0 saturated heterocycles. The van der Waals surface area contributed by atoms with E-state index in [4.69, 9.17) is 0 Å². The lowest BCUT2D eigenvalue weighted by molar-refractivity contribution is 0.340. The molecular weight excluding hydrogens is 274 g/mol. The molecule has 0 fully saturated rings. The molecule has 0 spiro atoms. The molecule has 3 heterocycles. The highest BCUT2D eigenvalue weighted by Crippen LogP contribution is 2.23. The molecule has 118 valence electrons. The molecule has 5 heteroatoms. The van der Waals surface area contributed by atoms with E-state index >= 15 is 0 Å². The van der Waals surface area contributed by atoms with Gasteiger partial charge in [0.1, 0.15) is 11.6 Å². The molecule has 0 aliphatic carbocycles. The molecule has 0 radical (unpaired) electrons. The lowest BCUT2D eigenvalue weighted by atomic mass is 9.98. The van der Waals surface area contributed by atoms with Crippen molar-refractivity contribution in [3.8, 4) is 0 Å². The van der Waals surface area contributed by atoms with E-state index in [1.54, 1.807) is 0 Å². The van der Waals surface area contributed by atoms with Gasteiger partial charge in [0.05, 0.1) is 0 Å². The van der Waals surface area contributed by atoms with Crippen molar-refractivity contribution in [2.75, 3.05) is 6.54 Å². The standard InChI is InChI=1S/C17H25N5/c1-12(2)17-21-20-16-7-6-14(11-22(16)17)9-18-10-15-5-4-8-19-13(15)3/h4-5,8,12,14,18H,6-7,9-11H2,1-3H3/t14-/m0/s1. The Balaban J connectivity index is 1.56. The van der Waals surface area contributed by atoms with E-state index in [2.05, 4.69) is 51.9 Å². The first-order valence-corrected chi connectivity index (χ1v) is 8.18. The minimum atomic E-state index is 0.436. The second-order valence-electron chi connectivity index (χ2n) is 6.52. The van der Waals surface area contributed by atoms with Crippen molar-refractivity contribution in [1.29, 1.82) is 0 Å². The summed E-state index contributed by atoms with van der Waals surface area (Å²) in [4.78, 5) is 4.34. The van der Waals surface area contributed by atoms with Crippen LogP contribution in [0.3, 0.4) is 0 Å². The molecule has 1 aliphatic rings. The predicted octanol–water partition coefficient (Wildman–Crippen LogP) is 2.46. The molecule has 2 aromatic heterocycles. The van der Waals surface area contributed by atoms with E-state index < -0.39 is 0 Å². The van der Waals surface area contributed by atoms with Gasteiger partial charge in [-0.3, -0.25) is 4.98 Å². The summed E-state index contributed by atoms with van der Waals surface area (Å²) in [5.74, 6) is 3.37. The summed E-state index contributed by atoms with van der Waals surface area (Å²) in [7, 11) is 0. The van der Waals surface area contributed by atoms with Crippen LogP contribution < -0.4 is 5.32 Å². The zero-order valence-corrected chi connectivity index (χ0v) is 13.7. The Bertz CT molecular complexity index is 632. The van der Waals surface area contributed by atoms with Crippen molar-refractivity contribution in [1.82, 2.24) is 25.1 Å². The van der Waals surface area contributed by atoms with Crippen LogP contribution in [0.15, 0.2) is 18.3 Å². The SMILES string of the molecule is Cc1ncccc1CNC[C@@H]1CCc2nnc(C(C)C)n2C1. The van der Waals surface area contributed by atoms with Gasteiger partial charge >= 0.3 is 0 Å². The molecule has 0 bridgehead atoms. The van der Waals surface area contributed by atoms with Crippen LogP contribution in [0.5, 0.6) is 0 Å². The molecule has 3 rings (SSSR count).